The van der Waals surface area contributed by atoms with Gasteiger partial charge in [-0.25, -0.2) is 24.9 Å². The third-order valence-corrected chi connectivity index (χ3v) is 14.0. The SMILES string of the molecule is CCc1nc(C)oc1C(=O)Nc1nc2cc(C(N)=O)cc(OCCCN(C)C(=O)CCN3C(=O)CC(SC[C@H](N)C(=O)O)C3=O)c2n1C/C=C/Cn1c2nc(-c3cc(C)nn3CC)ncc2c2nc(C(N)=O)cc(OC)c21. The maximum Gasteiger partial charge on any atom is 0.321 e. The number of imidazole rings is 1. The van der Waals surface area contributed by atoms with Crippen LogP contribution in [0.5, 0.6) is 11.5 Å². The number of pyridine rings is 1. The van der Waals surface area contributed by atoms with Crippen molar-refractivity contribution in [1.82, 2.24) is 53.6 Å². The van der Waals surface area contributed by atoms with E-state index in [4.69, 9.17) is 46.2 Å². The summed E-state index contributed by atoms with van der Waals surface area (Å²) in [5.74, 6) is -3.45. The molecule has 8 N–H and O–H groups in total. The lowest BCUT2D eigenvalue weighted by molar-refractivity contribution is -0.140. The molecule has 2 atom stereocenters. The Hall–Kier alpha value is -8.72. The van der Waals surface area contributed by atoms with Crippen LogP contribution >= 0.6 is 11.8 Å². The number of carboxylic acid groups (broad SMARTS) is 1. The Kier molecular flexibility index (Phi) is 16.3. The zero-order valence-corrected chi connectivity index (χ0v) is 43.9. The highest BCUT2D eigenvalue weighted by molar-refractivity contribution is 8.00. The number of allylic oxidation sites excluding steroid dienone is 2. The molecule has 0 aliphatic carbocycles. The van der Waals surface area contributed by atoms with E-state index in [1.54, 1.807) is 29.4 Å². The van der Waals surface area contributed by atoms with Crippen molar-refractivity contribution in [3.05, 3.63) is 76.9 Å². The quantitative estimate of drug-likeness (QED) is 0.0330. The van der Waals surface area contributed by atoms with Crippen molar-refractivity contribution in [3.8, 4) is 23.0 Å². The summed E-state index contributed by atoms with van der Waals surface area (Å²) in [5.41, 5.74) is 21.0. The Morgan fingerprint density at radius 2 is 1.74 bits per heavy atom. The molecule has 1 saturated heterocycles. The number of aliphatic carboxylic acids is 1. The predicted molar refractivity (Wildman–Crippen MR) is 281 cm³/mol. The molecule has 0 bridgehead atoms. The zero-order chi connectivity index (χ0) is 55.4. The summed E-state index contributed by atoms with van der Waals surface area (Å²) in [6, 6.07) is 5.10. The van der Waals surface area contributed by atoms with Crippen LogP contribution in [0.25, 0.3) is 44.6 Å². The predicted octanol–water partition coefficient (Wildman–Crippen LogP) is 2.98. The second kappa shape index (κ2) is 23.0. The number of nitrogens with zero attached hydrogens (tertiary/aromatic N) is 11. The van der Waals surface area contributed by atoms with E-state index in [-0.39, 0.29) is 91.5 Å². The minimum absolute atomic E-state index is 0.000885. The van der Waals surface area contributed by atoms with E-state index in [9.17, 15) is 33.6 Å². The number of anilines is 1. The highest BCUT2D eigenvalue weighted by Gasteiger charge is 2.39. The van der Waals surface area contributed by atoms with Crippen LogP contribution in [0.4, 0.5) is 5.95 Å². The monoisotopic (exact) mass is 1080 g/mol. The first-order chi connectivity index (χ1) is 36.8. The zero-order valence-electron chi connectivity index (χ0n) is 43.1. The molecule has 1 aliphatic heterocycles. The van der Waals surface area contributed by atoms with Crippen LogP contribution in [-0.2, 0) is 45.2 Å². The molecule has 404 valence electrons. The molecule has 6 aromatic heterocycles. The number of primary amides is 2. The van der Waals surface area contributed by atoms with Crippen molar-refractivity contribution >= 4 is 92.2 Å². The number of amides is 6. The molecule has 7 heterocycles. The van der Waals surface area contributed by atoms with Crippen LogP contribution in [0, 0.1) is 13.8 Å². The molecule has 0 radical (unpaired) electrons. The van der Waals surface area contributed by atoms with Gasteiger partial charge in [0, 0.05) is 83.1 Å². The largest absolute Gasteiger partial charge is 0.494 e. The number of nitrogens with two attached hydrogens (primary N) is 3. The lowest BCUT2D eigenvalue weighted by Gasteiger charge is -2.20. The number of oxazole rings is 1. The number of benzene rings is 1. The average molecular weight is 1080 g/mol. The van der Waals surface area contributed by atoms with Gasteiger partial charge in [0.2, 0.25) is 35.3 Å². The lowest BCUT2D eigenvalue weighted by Crippen LogP contribution is -2.37. The standard InChI is InChI=1S/C50H57N15O11S/c1-7-30-42(76-26(4)55-30)47(70)59-50-57-31-19-27(43(52)68)20-35(75-17-11-13-61(5)37(66)12-16-62-38(67)22-36(48(62)71)77-24-29(51)49(72)73)40(31)64(50)15-10-9-14-63-41-34(74-6)21-32(44(53)69)56-39(41)28-23-54-45(58-46(28)63)33-18-25(3)60-65(33)8-2/h9-10,18-21,23,29,36H,7-8,11-17,22,24,51H2,1-6H3,(H2,52,68)(H2,53,69)(H,72,73)(H,57,59,70)/b10-9+/t29-,36?/m0/s1. The number of thioether (sulfide) groups is 1. The smallest absolute Gasteiger partial charge is 0.321 e. The molecule has 0 spiro atoms. The minimum atomic E-state index is -1.22. The number of imide groups is 1. The van der Waals surface area contributed by atoms with Gasteiger partial charge in [0.05, 0.1) is 41.3 Å². The number of methoxy groups -OCH3 is 1. The Balaban J connectivity index is 1.07. The van der Waals surface area contributed by atoms with Crippen molar-refractivity contribution in [2.75, 3.05) is 44.9 Å². The number of fused-ring (bicyclic) bond motifs is 4. The molecule has 1 unspecified atom stereocenters. The number of ether oxygens (including phenoxy) is 2. The van der Waals surface area contributed by atoms with E-state index >= 15 is 0 Å². The van der Waals surface area contributed by atoms with Crippen LogP contribution in [0.2, 0.25) is 0 Å². The molecule has 77 heavy (non-hydrogen) atoms. The number of nitrogens with one attached hydrogen (secondary N) is 1. The van der Waals surface area contributed by atoms with Gasteiger partial charge in [-0.15, -0.1) is 11.8 Å². The van der Waals surface area contributed by atoms with Gasteiger partial charge in [0.15, 0.2) is 11.7 Å². The van der Waals surface area contributed by atoms with Crippen molar-refractivity contribution in [3.63, 3.8) is 0 Å². The van der Waals surface area contributed by atoms with Gasteiger partial charge in [-0.1, -0.05) is 19.1 Å². The Labute approximate surface area is 443 Å². The van der Waals surface area contributed by atoms with Gasteiger partial charge in [-0.05, 0) is 44.9 Å². The summed E-state index contributed by atoms with van der Waals surface area (Å²) < 4.78 is 23.2. The number of carbonyl (C=O) groups is 7. The molecule has 27 heteroatoms. The highest BCUT2D eigenvalue weighted by atomic mass is 32.2. The van der Waals surface area contributed by atoms with Gasteiger partial charge in [0.25, 0.3) is 11.8 Å². The maximum absolute atomic E-state index is 13.9. The van der Waals surface area contributed by atoms with Crippen LogP contribution in [0.3, 0.4) is 0 Å². The van der Waals surface area contributed by atoms with Gasteiger partial charge in [-0.3, -0.25) is 48.5 Å². The first-order valence-corrected chi connectivity index (χ1v) is 25.5. The average Bonchev–Trinajstić information content (AvgIpc) is 4.27. The number of carbonyl (C=O) groups excluding carboxylic acids is 6. The second-order valence-corrected chi connectivity index (χ2v) is 19.2. The van der Waals surface area contributed by atoms with Crippen LogP contribution < -0.4 is 32.0 Å². The van der Waals surface area contributed by atoms with E-state index < -0.39 is 46.8 Å². The number of carboxylic acids is 1. The summed E-state index contributed by atoms with van der Waals surface area (Å²) >= 11 is 0.995. The Morgan fingerprint density at radius 3 is 2.43 bits per heavy atom. The number of likely N-dealkylation sites (tertiary alicyclic amines) is 1. The second-order valence-electron chi connectivity index (χ2n) is 18.0. The molecule has 26 nitrogen and oxygen atoms in total. The first kappa shape index (κ1) is 54.5. The van der Waals surface area contributed by atoms with E-state index in [1.807, 2.05) is 43.6 Å². The van der Waals surface area contributed by atoms with E-state index in [0.29, 0.717) is 75.8 Å². The molecular formula is C50H57N15O11S. The van der Waals surface area contributed by atoms with Gasteiger partial charge in [0.1, 0.15) is 51.1 Å². The van der Waals surface area contributed by atoms with Gasteiger partial charge >= 0.3 is 5.97 Å². The fraction of sp³-hybridized carbons (Fsp3) is 0.380. The van der Waals surface area contributed by atoms with Crippen LogP contribution in [0.1, 0.15) is 81.8 Å². The van der Waals surface area contributed by atoms with Crippen molar-refractivity contribution in [2.45, 2.75) is 84.3 Å². The number of hydrogen-bond donors (Lipinski definition) is 5. The van der Waals surface area contributed by atoms with Crippen molar-refractivity contribution in [1.29, 1.82) is 0 Å². The summed E-state index contributed by atoms with van der Waals surface area (Å²) in [4.78, 5) is 115. The number of hydrogen-bond acceptors (Lipinski definition) is 18. The van der Waals surface area contributed by atoms with Crippen molar-refractivity contribution in [2.24, 2.45) is 17.2 Å². The molecule has 1 aliphatic rings. The summed E-state index contributed by atoms with van der Waals surface area (Å²) in [6.45, 7) is 8.20. The Bertz CT molecular complexity index is 3520. The normalized spacial score (nSPS) is 14.1. The van der Waals surface area contributed by atoms with E-state index in [0.717, 1.165) is 22.4 Å². The fourth-order valence-corrected chi connectivity index (χ4v) is 9.95. The molecule has 0 saturated carbocycles. The summed E-state index contributed by atoms with van der Waals surface area (Å²) in [5, 5.41) is 16.3. The van der Waals surface area contributed by atoms with Crippen molar-refractivity contribution < 1.29 is 52.6 Å². The number of aryl methyl sites for hydroxylation is 4. The van der Waals surface area contributed by atoms with E-state index in [1.165, 1.54) is 30.2 Å². The molecule has 6 amide bonds. The molecule has 1 fully saturated rings. The number of rotatable bonds is 24. The molecule has 7 aromatic rings. The minimum Gasteiger partial charge on any atom is -0.494 e. The van der Waals surface area contributed by atoms with Gasteiger partial charge in [-0.2, -0.15) is 5.10 Å². The topological polar surface area (TPSA) is 360 Å². The van der Waals surface area contributed by atoms with Crippen LogP contribution in [0.15, 0.2) is 47.0 Å². The molecule has 1 aromatic carbocycles. The third kappa shape index (κ3) is 11.4. The third-order valence-electron chi connectivity index (χ3n) is 12.7. The maximum atomic E-state index is 13.9. The highest BCUT2D eigenvalue weighted by Crippen LogP contribution is 2.36. The first-order valence-electron chi connectivity index (χ1n) is 24.5. The van der Waals surface area contributed by atoms with Crippen LogP contribution in [-0.4, -0.2) is 151 Å². The summed E-state index contributed by atoms with van der Waals surface area (Å²) in [7, 11) is 3.04. The molecular weight excluding hydrogens is 1020 g/mol. The lowest BCUT2D eigenvalue weighted by atomic mass is 10.1. The molecule has 8 rings (SSSR count). The van der Waals surface area contributed by atoms with Gasteiger partial charge < -0.3 is 50.2 Å². The number of aromatic nitrogens is 9. The Morgan fingerprint density at radius 1 is 0.987 bits per heavy atom. The fourth-order valence-electron chi connectivity index (χ4n) is 8.84. The van der Waals surface area contributed by atoms with E-state index in [2.05, 4.69) is 25.4 Å². The summed E-state index contributed by atoms with van der Waals surface area (Å²) in [6.07, 6.45) is 5.75.